The predicted octanol–water partition coefficient (Wildman–Crippen LogP) is 3.91. The maximum absolute atomic E-state index is 12.9. The second-order valence-corrected chi connectivity index (χ2v) is 10.1. The van der Waals surface area contributed by atoms with Gasteiger partial charge in [0.15, 0.2) is 5.60 Å². The van der Waals surface area contributed by atoms with Crippen molar-refractivity contribution >= 4 is 17.8 Å². The van der Waals surface area contributed by atoms with Crippen LogP contribution in [0.2, 0.25) is 0 Å². The van der Waals surface area contributed by atoms with Crippen molar-refractivity contribution in [3.63, 3.8) is 0 Å². The van der Waals surface area contributed by atoms with E-state index in [1.807, 2.05) is 24.3 Å². The number of carbonyl (C=O) groups excluding carboxylic acids is 2. The SMILES string of the molecule is COc1ccc(C2=NO[C@@]3(C2)C[C@@H](C(=O)OC(C)(C)C)N(C(=O)OC(C)(C)C)C3)cc1. The zero-order chi connectivity index (χ0) is 23.0. The molecule has 0 aliphatic carbocycles. The van der Waals surface area contributed by atoms with E-state index in [1.54, 1.807) is 48.7 Å². The summed E-state index contributed by atoms with van der Waals surface area (Å²) < 4.78 is 16.3. The molecule has 0 unspecified atom stereocenters. The summed E-state index contributed by atoms with van der Waals surface area (Å²) in [5.74, 6) is 0.275. The first-order chi connectivity index (χ1) is 14.3. The largest absolute Gasteiger partial charge is 0.497 e. The van der Waals surface area contributed by atoms with E-state index < -0.39 is 34.9 Å². The van der Waals surface area contributed by atoms with Gasteiger partial charge in [-0.05, 0) is 71.4 Å². The number of esters is 1. The van der Waals surface area contributed by atoms with Gasteiger partial charge in [0.1, 0.15) is 23.0 Å². The summed E-state index contributed by atoms with van der Waals surface area (Å²) in [4.78, 5) is 33.1. The highest BCUT2D eigenvalue weighted by Crippen LogP contribution is 2.40. The number of likely N-dealkylation sites (tertiary alicyclic amines) is 1. The average molecular weight is 433 g/mol. The summed E-state index contributed by atoms with van der Waals surface area (Å²) >= 11 is 0. The molecule has 2 aliphatic heterocycles. The number of amides is 1. The molecule has 1 spiro atoms. The van der Waals surface area contributed by atoms with Crippen molar-refractivity contribution in [2.45, 2.75) is 77.2 Å². The zero-order valence-electron chi connectivity index (χ0n) is 19.4. The summed E-state index contributed by atoms with van der Waals surface area (Å²) in [6, 6.07) is 6.72. The molecule has 8 nitrogen and oxygen atoms in total. The third-order valence-electron chi connectivity index (χ3n) is 4.97. The van der Waals surface area contributed by atoms with Gasteiger partial charge < -0.3 is 19.0 Å². The van der Waals surface area contributed by atoms with Crippen LogP contribution in [0, 0.1) is 0 Å². The van der Waals surface area contributed by atoms with Crippen LogP contribution in [0.25, 0.3) is 0 Å². The van der Waals surface area contributed by atoms with Gasteiger partial charge in [-0.25, -0.2) is 9.59 Å². The molecule has 0 saturated carbocycles. The summed E-state index contributed by atoms with van der Waals surface area (Å²) in [6.45, 7) is 10.9. The van der Waals surface area contributed by atoms with Gasteiger partial charge in [0.05, 0.1) is 19.4 Å². The van der Waals surface area contributed by atoms with Crippen LogP contribution in [0.5, 0.6) is 5.75 Å². The molecule has 170 valence electrons. The Balaban J connectivity index is 1.80. The molecule has 0 N–H and O–H groups in total. The third kappa shape index (κ3) is 5.48. The maximum atomic E-state index is 12.9. The first-order valence-corrected chi connectivity index (χ1v) is 10.4. The summed E-state index contributed by atoms with van der Waals surface area (Å²) in [7, 11) is 1.61. The van der Waals surface area contributed by atoms with E-state index in [2.05, 4.69) is 5.16 Å². The van der Waals surface area contributed by atoms with Gasteiger partial charge in [0, 0.05) is 12.8 Å². The predicted molar refractivity (Wildman–Crippen MR) is 115 cm³/mol. The lowest BCUT2D eigenvalue weighted by Gasteiger charge is -2.29. The average Bonchev–Trinajstić information content (AvgIpc) is 3.24. The van der Waals surface area contributed by atoms with Gasteiger partial charge >= 0.3 is 12.1 Å². The monoisotopic (exact) mass is 432 g/mol. The lowest BCUT2D eigenvalue weighted by Crippen LogP contribution is -2.46. The standard InChI is InChI=1S/C23H32N2O6/c1-21(2,3)29-19(26)18-13-23(14-25(18)20(27)30-22(4,5)6)12-17(24-31-23)15-8-10-16(28-7)11-9-15/h8-11,18H,12-14H2,1-7H3/t18-,23-/m0/s1. The molecule has 1 aromatic rings. The Bertz CT molecular complexity index is 828. The highest BCUT2D eigenvalue weighted by atomic mass is 16.7. The minimum Gasteiger partial charge on any atom is -0.497 e. The molecule has 0 bridgehead atoms. The molecule has 1 saturated heterocycles. The Labute approximate surface area is 183 Å². The topological polar surface area (TPSA) is 86.7 Å². The fourth-order valence-electron chi connectivity index (χ4n) is 3.69. The van der Waals surface area contributed by atoms with Crippen molar-refractivity contribution in [3.8, 4) is 5.75 Å². The molecule has 1 fully saturated rings. The number of methoxy groups -OCH3 is 1. The van der Waals surface area contributed by atoms with E-state index >= 15 is 0 Å². The molecule has 2 aliphatic rings. The van der Waals surface area contributed by atoms with Crippen molar-refractivity contribution in [1.82, 2.24) is 4.90 Å². The van der Waals surface area contributed by atoms with Crippen molar-refractivity contribution in [3.05, 3.63) is 29.8 Å². The smallest absolute Gasteiger partial charge is 0.411 e. The highest BCUT2D eigenvalue weighted by molar-refractivity contribution is 6.02. The third-order valence-corrected chi connectivity index (χ3v) is 4.97. The summed E-state index contributed by atoms with van der Waals surface area (Å²) in [5.41, 5.74) is -0.493. The van der Waals surface area contributed by atoms with Crippen molar-refractivity contribution in [2.24, 2.45) is 5.16 Å². The van der Waals surface area contributed by atoms with E-state index in [4.69, 9.17) is 19.0 Å². The Morgan fingerprint density at radius 1 is 1.06 bits per heavy atom. The maximum Gasteiger partial charge on any atom is 0.411 e. The van der Waals surface area contributed by atoms with E-state index in [9.17, 15) is 9.59 Å². The lowest BCUT2D eigenvalue weighted by molar-refractivity contribution is -0.160. The second-order valence-electron chi connectivity index (χ2n) is 10.1. The first kappa shape index (κ1) is 22.9. The minimum atomic E-state index is -0.806. The Hall–Kier alpha value is -2.77. The summed E-state index contributed by atoms with van der Waals surface area (Å²) in [6.07, 6.45) is 0.184. The number of benzene rings is 1. The first-order valence-electron chi connectivity index (χ1n) is 10.4. The van der Waals surface area contributed by atoms with Gasteiger partial charge in [-0.3, -0.25) is 4.90 Å². The number of ether oxygens (including phenoxy) is 3. The van der Waals surface area contributed by atoms with Crippen LogP contribution >= 0.6 is 0 Å². The number of oxime groups is 1. The van der Waals surface area contributed by atoms with Gasteiger partial charge in [-0.2, -0.15) is 0 Å². The van der Waals surface area contributed by atoms with E-state index in [1.165, 1.54) is 4.90 Å². The molecule has 2 atom stereocenters. The quantitative estimate of drug-likeness (QED) is 0.673. The van der Waals surface area contributed by atoms with Gasteiger partial charge in [-0.1, -0.05) is 5.16 Å². The fourth-order valence-corrected chi connectivity index (χ4v) is 3.69. The highest BCUT2D eigenvalue weighted by Gasteiger charge is 2.55. The van der Waals surface area contributed by atoms with Crippen molar-refractivity contribution < 1.29 is 28.6 Å². The number of hydrogen-bond donors (Lipinski definition) is 0. The molecule has 3 rings (SSSR count). The van der Waals surface area contributed by atoms with Crippen molar-refractivity contribution in [2.75, 3.05) is 13.7 Å². The molecule has 31 heavy (non-hydrogen) atoms. The molecule has 1 amide bonds. The minimum absolute atomic E-state index is 0.189. The normalized spacial score (nSPS) is 23.4. The lowest BCUT2D eigenvalue weighted by atomic mass is 9.91. The van der Waals surface area contributed by atoms with Crippen LogP contribution in [0.3, 0.4) is 0 Å². The molecule has 0 aromatic heterocycles. The number of hydrogen-bond acceptors (Lipinski definition) is 7. The zero-order valence-corrected chi connectivity index (χ0v) is 19.4. The van der Waals surface area contributed by atoms with E-state index in [-0.39, 0.29) is 13.0 Å². The van der Waals surface area contributed by atoms with Crippen LogP contribution in [-0.2, 0) is 19.1 Å². The van der Waals surface area contributed by atoms with Crippen LogP contribution in [-0.4, -0.2) is 59.2 Å². The second kappa shape index (κ2) is 8.05. The van der Waals surface area contributed by atoms with Crippen LogP contribution in [0.1, 0.15) is 59.9 Å². The Kier molecular flexibility index (Phi) is 5.95. The van der Waals surface area contributed by atoms with Crippen molar-refractivity contribution in [1.29, 1.82) is 0 Å². The molecule has 2 heterocycles. The number of carbonyl (C=O) groups is 2. The van der Waals surface area contributed by atoms with Gasteiger partial charge in [-0.15, -0.1) is 0 Å². The molecular formula is C23H32N2O6. The van der Waals surface area contributed by atoms with Crippen LogP contribution < -0.4 is 4.74 Å². The van der Waals surface area contributed by atoms with Gasteiger partial charge in [0.2, 0.25) is 0 Å². The molecule has 1 aromatic carbocycles. The van der Waals surface area contributed by atoms with Gasteiger partial charge in [0.25, 0.3) is 0 Å². The molecule has 8 heteroatoms. The number of nitrogens with zero attached hydrogens (tertiary/aromatic N) is 2. The van der Waals surface area contributed by atoms with Crippen LogP contribution in [0.15, 0.2) is 29.4 Å². The fraction of sp³-hybridized carbons (Fsp3) is 0.609. The Morgan fingerprint density at radius 3 is 2.23 bits per heavy atom. The van der Waals surface area contributed by atoms with E-state index in [0.717, 1.165) is 17.0 Å². The molecule has 0 radical (unpaired) electrons. The number of rotatable bonds is 3. The van der Waals surface area contributed by atoms with Crippen LogP contribution in [0.4, 0.5) is 4.79 Å². The Morgan fingerprint density at radius 2 is 1.68 bits per heavy atom. The summed E-state index contributed by atoms with van der Waals surface area (Å²) in [5, 5.41) is 4.28. The molecular weight excluding hydrogens is 400 g/mol. The van der Waals surface area contributed by atoms with E-state index in [0.29, 0.717) is 6.42 Å².